The molecule has 1 aliphatic heterocycles. The Morgan fingerprint density at radius 1 is 1.31 bits per heavy atom. The van der Waals surface area contributed by atoms with E-state index in [4.69, 9.17) is 14.2 Å². The summed E-state index contributed by atoms with van der Waals surface area (Å²) >= 11 is 0. The molecule has 1 N–H and O–H groups in total. The highest BCUT2D eigenvalue weighted by Crippen LogP contribution is 2.28. The van der Waals surface area contributed by atoms with E-state index in [-0.39, 0.29) is 12.1 Å². The first-order chi connectivity index (χ1) is 12.7. The lowest BCUT2D eigenvalue weighted by molar-refractivity contribution is 0.000696. The van der Waals surface area contributed by atoms with E-state index in [1.807, 2.05) is 30.0 Å². The largest absolute Gasteiger partial charge is 0.493 e. The lowest BCUT2D eigenvalue weighted by Gasteiger charge is -2.30. The molecule has 2 amide bonds. The van der Waals surface area contributed by atoms with Gasteiger partial charge in [-0.15, -0.1) is 0 Å². The minimum atomic E-state index is -0.0465. The molecule has 0 aliphatic carbocycles. The Morgan fingerprint density at radius 2 is 2.15 bits per heavy atom. The van der Waals surface area contributed by atoms with Crippen molar-refractivity contribution in [1.29, 1.82) is 0 Å². The molecule has 0 spiro atoms. The average Bonchev–Trinajstić information content (AvgIpc) is 2.67. The number of nitrogens with one attached hydrogen (secondary N) is 1. The Balaban J connectivity index is 1.92. The van der Waals surface area contributed by atoms with Gasteiger partial charge in [0.1, 0.15) is 0 Å². The van der Waals surface area contributed by atoms with Gasteiger partial charge in [0, 0.05) is 26.2 Å². The van der Waals surface area contributed by atoms with Crippen molar-refractivity contribution in [2.45, 2.75) is 52.2 Å². The van der Waals surface area contributed by atoms with Gasteiger partial charge in [0.2, 0.25) is 0 Å². The molecular weight excluding hydrogens is 332 g/mol. The minimum Gasteiger partial charge on any atom is -0.493 e. The van der Waals surface area contributed by atoms with Gasteiger partial charge in [0.05, 0.1) is 19.8 Å². The summed E-state index contributed by atoms with van der Waals surface area (Å²) in [4.78, 5) is 14.5. The number of carbonyl (C=O) groups excluding carboxylic acids is 1. The van der Waals surface area contributed by atoms with Crippen molar-refractivity contribution in [3.05, 3.63) is 23.8 Å². The summed E-state index contributed by atoms with van der Waals surface area (Å²) in [6, 6.07) is 5.67. The lowest BCUT2D eigenvalue weighted by Crippen LogP contribution is -2.45. The van der Waals surface area contributed by atoms with Gasteiger partial charge in [-0.2, -0.15) is 0 Å². The van der Waals surface area contributed by atoms with Crippen LogP contribution < -0.4 is 14.8 Å². The minimum absolute atomic E-state index is 0.0465. The van der Waals surface area contributed by atoms with Crippen LogP contribution in [0.3, 0.4) is 0 Å². The molecule has 1 aromatic rings. The zero-order valence-electron chi connectivity index (χ0n) is 16.3. The number of benzene rings is 1. The normalized spacial score (nSPS) is 16.8. The van der Waals surface area contributed by atoms with Gasteiger partial charge < -0.3 is 24.4 Å². The third kappa shape index (κ3) is 6.09. The number of rotatable bonds is 9. The standard InChI is InChI=1S/C20H32N2O4/c1-4-11-22(15-17-8-6-7-12-26-17)20(23)21-14-16-9-10-18(24-3)19(13-16)25-5-2/h9-10,13,17H,4-8,11-12,14-15H2,1-3H3,(H,21,23). The van der Waals surface area contributed by atoms with Crippen LogP contribution >= 0.6 is 0 Å². The Bertz CT molecular complexity index is 559. The Morgan fingerprint density at radius 3 is 2.81 bits per heavy atom. The summed E-state index contributed by atoms with van der Waals surface area (Å²) in [5, 5.41) is 3.02. The first kappa shape index (κ1) is 20.4. The van der Waals surface area contributed by atoms with Crippen LogP contribution in [-0.4, -0.2) is 50.4 Å². The molecule has 1 atom stereocenters. The maximum Gasteiger partial charge on any atom is 0.317 e. The van der Waals surface area contributed by atoms with E-state index in [2.05, 4.69) is 12.2 Å². The SMILES string of the molecule is CCCN(CC1CCCCO1)C(=O)NCc1ccc(OC)c(OCC)c1. The van der Waals surface area contributed by atoms with Crippen molar-refractivity contribution < 1.29 is 19.0 Å². The van der Waals surface area contributed by atoms with Crippen molar-refractivity contribution in [2.75, 3.05) is 33.4 Å². The van der Waals surface area contributed by atoms with E-state index in [1.165, 1.54) is 6.42 Å². The van der Waals surface area contributed by atoms with E-state index in [9.17, 15) is 4.79 Å². The fourth-order valence-electron chi connectivity index (χ4n) is 3.13. The fraction of sp³-hybridized carbons (Fsp3) is 0.650. The first-order valence-electron chi connectivity index (χ1n) is 9.62. The van der Waals surface area contributed by atoms with Crippen molar-refractivity contribution in [2.24, 2.45) is 0 Å². The molecule has 146 valence electrons. The number of nitrogens with zero attached hydrogens (tertiary/aromatic N) is 1. The molecule has 2 rings (SSSR count). The number of carbonyl (C=O) groups is 1. The number of urea groups is 1. The summed E-state index contributed by atoms with van der Waals surface area (Å²) in [6.07, 6.45) is 4.42. The van der Waals surface area contributed by atoms with Gasteiger partial charge in [-0.25, -0.2) is 4.79 Å². The first-order valence-corrected chi connectivity index (χ1v) is 9.62. The highest BCUT2D eigenvalue weighted by molar-refractivity contribution is 5.74. The number of amides is 2. The smallest absolute Gasteiger partial charge is 0.317 e. The molecule has 0 saturated carbocycles. The molecule has 1 heterocycles. The van der Waals surface area contributed by atoms with Crippen LogP contribution in [0, 0.1) is 0 Å². The molecule has 1 fully saturated rings. The highest BCUT2D eigenvalue weighted by Gasteiger charge is 2.21. The molecule has 0 bridgehead atoms. The van der Waals surface area contributed by atoms with Gasteiger partial charge >= 0.3 is 6.03 Å². The number of hydrogen-bond donors (Lipinski definition) is 1. The Kier molecular flexibility index (Phi) is 8.54. The van der Waals surface area contributed by atoms with Crippen LogP contribution in [0.15, 0.2) is 18.2 Å². The van der Waals surface area contributed by atoms with Gasteiger partial charge in [-0.1, -0.05) is 13.0 Å². The maximum absolute atomic E-state index is 12.6. The van der Waals surface area contributed by atoms with Crippen molar-refractivity contribution in [3.8, 4) is 11.5 Å². The molecule has 1 aliphatic rings. The summed E-state index contributed by atoms with van der Waals surface area (Å²) in [5.74, 6) is 1.40. The van der Waals surface area contributed by atoms with Crippen molar-refractivity contribution in [3.63, 3.8) is 0 Å². The Hall–Kier alpha value is -1.95. The van der Waals surface area contributed by atoms with Crippen LogP contribution in [-0.2, 0) is 11.3 Å². The quantitative estimate of drug-likeness (QED) is 0.727. The van der Waals surface area contributed by atoms with Gasteiger partial charge in [-0.05, 0) is 50.3 Å². The summed E-state index contributed by atoms with van der Waals surface area (Å²) in [5.41, 5.74) is 0.980. The van der Waals surface area contributed by atoms with E-state index in [0.29, 0.717) is 31.2 Å². The maximum atomic E-state index is 12.6. The van der Waals surface area contributed by atoms with E-state index < -0.39 is 0 Å². The topological polar surface area (TPSA) is 60.0 Å². The van der Waals surface area contributed by atoms with Crippen LogP contribution in [0.1, 0.15) is 45.1 Å². The third-order valence-electron chi connectivity index (χ3n) is 4.45. The molecule has 6 nitrogen and oxygen atoms in total. The van der Waals surface area contributed by atoms with Crippen LogP contribution in [0.5, 0.6) is 11.5 Å². The highest BCUT2D eigenvalue weighted by atomic mass is 16.5. The molecule has 1 unspecified atom stereocenters. The molecule has 1 aromatic carbocycles. The Labute approximate surface area is 156 Å². The average molecular weight is 364 g/mol. The second kappa shape index (κ2) is 10.9. The lowest BCUT2D eigenvalue weighted by atomic mass is 10.1. The van der Waals surface area contributed by atoms with Gasteiger partial charge in [0.15, 0.2) is 11.5 Å². The number of methoxy groups -OCH3 is 1. The van der Waals surface area contributed by atoms with Crippen molar-refractivity contribution in [1.82, 2.24) is 10.2 Å². The van der Waals surface area contributed by atoms with E-state index in [1.54, 1.807) is 7.11 Å². The summed E-state index contributed by atoms with van der Waals surface area (Å²) in [7, 11) is 1.62. The molecule has 6 heteroatoms. The van der Waals surface area contributed by atoms with Crippen LogP contribution in [0.4, 0.5) is 4.79 Å². The van der Waals surface area contributed by atoms with E-state index >= 15 is 0 Å². The summed E-state index contributed by atoms with van der Waals surface area (Å²) in [6.45, 7) is 7.24. The van der Waals surface area contributed by atoms with E-state index in [0.717, 1.165) is 38.0 Å². The molecule has 0 aromatic heterocycles. The molecule has 0 radical (unpaired) electrons. The number of ether oxygens (including phenoxy) is 3. The number of hydrogen-bond acceptors (Lipinski definition) is 4. The zero-order chi connectivity index (χ0) is 18.8. The fourth-order valence-corrected chi connectivity index (χ4v) is 3.13. The van der Waals surface area contributed by atoms with Crippen LogP contribution in [0.25, 0.3) is 0 Å². The predicted octanol–water partition coefficient (Wildman–Crippen LogP) is 3.58. The second-order valence-electron chi connectivity index (χ2n) is 6.51. The molecular formula is C20H32N2O4. The molecule has 1 saturated heterocycles. The zero-order valence-corrected chi connectivity index (χ0v) is 16.3. The van der Waals surface area contributed by atoms with Gasteiger partial charge in [0.25, 0.3) is 0 Å². The molecule has 26 heavy (non-hydrogen) atoms. The monoisotopic (exact) mass is 364 g/mol. The predicted molar refractivity (Wildman–Crippen MR) is 102 cm³/mol. The van der Waals surface area contributed by atoms with Crippen LogP contribution in [0.2, 0.25) is 0 Å². The van der Waals surface area contributed by atoms with Gasteiger partial charge in [-0.3, -0.25) is 0 Å². The van der Waals surface area contributed by atoms with Crippen molar-refractivity contribution >= 4 is 6.03 Å². The summed E-state index contributed by atoms with van der Waals surface area (Å²) < 4.78 is 16.7. The third-order valence-corrected chi connectivity index (χ3v) is 4.45. The second-order valence-corrected chi connectivity index (χ2v) is 6.51.